The molecule has 1 aromatic carbocycles. The zero-order valence-corrected chi connectivity index (χ0v) is 20.2. The van der Waals surface area contributed by atoms with Crippen LogP contribution in [0.4, 0.5) is 0 Å². The van der Waals surface area contributed by atoms with Crippen molar-refractivity contribution in [3.63, 3.8) is 0 Å². The maximum absolute atomic E-state index is 13.2. The Morgan fingerprint density at radius 1 is 0.971 bits per heavy atom. The highest BCUT2D eigenvalue weighted by atomic mass is 32.1. The van der Waals surface area contributed by atoms with E-state index in [0.29, 0.717) is 56.1 Å². The summed E-state index contributed by atoms with van der Waals surface area (Å²) in [5.74, 6) is 0.0618. The number of benzene rings is 1. The molecule has 1 fully saturated rings. The standard InChI is InChI=1S/C25H28N6O3S/c32-21-9-8-19(18-6-2-1-3-7-18)10-14-27-22(33)16-31(15-5-13-26-21)25(34)20-17-35-24(30-20)23-28-11-4-12-29-23/h1-4,6-7,11-12,17,19H,5,8-10,13-16H2,(H,26,32)(H,27,33). The number of hydrogen-bond donors (Lipinski definition) is 2. The van der Waals surface area contributed by atoms with Crippen LogP contribution in [-0.4, -0.2) is 63.8 Å². The molecule has 1 aliphatic heterocycles. The zero-order valence-electron chi connectivity index (χ0n) is 19.4. The van der Waals surface area contributed by atoms with Gasteiger partial charge in [0.05, 0.1) is 6.54 Å². The van der Waals surface area contributed by atoms with Crippen LogP contribution in [0, 0.1) is 0 Å². The zero-order chi connectivity index (χ0) is 24.5. The van der Waals surface area contributed by atoms with Crippen molar-refractivity contribution < 1.29 is 14.4 Å². The second-order valence-corrected chi connectivity index (χ2v) is 9.18. The first-order valence-electron chi connectivity index (χ1n) is 11.7. The van der Waals surface area contributed by atoms with E-state index in [4.69, 9.17) is 0 Å². The molecule has 0 radical (unpaired) electrons. The van der Waals surface area contributed by atoms with Gasteiger partial charge in [-0.2, -0.15) is 0 Å². The minimum atomic E-state index is -0.334. The van der Waals surface area contributed by atoms with Gasteiger partial charge in [0.25, 0.3) is 5.91 Å². The van der Waals surface area contributed by atoms with Crippen LogP contribution in [0.25, 0.3) is 10.8 Å². The van der Waals surface area contributed by atoms with Gasteiger partial charge in [0.1, 0.15) is 5.69 Å². The van der Waals surface area contributed by atoms with E-state index < -0.39 is 0 Å². The number of amides is 3. The molecule has 0 saturated carbocycles. The minimum Gasteiger partial charge on any atom is -0.356 e. The summed E-state index contributed by atoms with van der Waals surface area (Å²) in [6, 6.07) is 11.7. The Kier molecular flexibility index (Phi) is 8.50. The van der Waals surface area contributed by atoms with E-state index in [1.165, 1.54) is 16.2 Å². The molecule has 1 unspecified atom stereocenters. The smallest absolute Gasteiger partial charge is 0.273 e. The van der Waals surface area contributed by atoms with Gasteiger partial charge in [-0.05, 0) is 36.8 Å². The molecule has 182 valence electrons. The summed E-state index contributed by atoms with van der Waals surface area (Å²) in [7, 11) is 0. The minimum absolute atomic E-state index is 0.00286. The van der Waals surface area contributed by atoms with E-state index in [9.17, 15) is 14.4 Å². The number of carbonyl (C=O) groups excluding carboxylic acids is 3. The Hall–Kier alpha value is -3.66. The van der Waals surface area contributed by atoms with Crippen LogP contribution in [-0.2, 0) is 9.59 Å². The first-order chi connectivity index (χ1) is 17.1. The van der Waals surface area contributed by atoms with Gasteiger partial charge in [0.2, 0.25) is 11.8 Å². The molecule has 1 saturated heterocycles. The molecule has 1 atom stereocenters. The predicted molar refractivity (Wildman–Crippen MR) is 133 cm³/mol. The fourth-order valence-corrected chi connectivity index (χ4v) is 4.75. The molecular formula is C25H28N6O3S. The molecule has 3 heterocycles. The lowest BCUT2D eigenvalue weighted by molar-refractivity contribution is -0.123. The summed E-state index contributed by atoms with van der Waals surface area (Å²) in [5.41, 5.74) is 1.40. The topological polar surface area (TPSA) is 117 Å². The number of nitrogens with one attached hydrogen (secondary N) is 2. The van der Waals surface area contributed by atoms with Gasteiger partial charge in [-0.1, -0.05) is 30.3 Å². The lowest BCUT2D eigenvalue weighted by Crippen LogP contribution is -2.42. The van der Waals surface area contributed by atoms with Crippen LogP contribution in [0.15, 0.2) is 54.2 Å². The molecule has 0 bridgehead atoms. The lowest BCUT2D eigenvalue weighted by atomic mass is 9.91. The third-order valence-electron chi connectivity index (χ3n) is 5.83. The van der Waals surface area contributed by atoms with Crippen molar-refractivity contribution >= 4 is 29.1 Å². The summed E-state index contributed by atoms with van der Waals surface area (Å²) in [6.07, 6.45) is 5.61. The summed E-state index contributed by atoms with van der Waals surface area (Å²) < 4.78 is 0. The fraction of sp³-hybridized carbons (Fsp3) is 0.360. The van der Waals surface area contributed by atoms with Crippen LogP contribution in [0.3, 0.4) is 0 Å². The predicted octanol–water partition coefficient (Wildman–Crippen LogP) is 2.63. The summed E-state index contributed by atoms with van der Waals surface area (Å²) in [5, 5.41) is 8.08. The average Bonchev–Trinajstić information content (AvgIpc) is 3.38. The molecule has 2 aromatic heterocycles. The molecule has 9 nitrogen and oxygen atoms in total. The number of thiazole rings is 1. The third kappa shape index (κ3) is 6.92. The molecule has 0 aliphatic carbocycles. The molecule has 3 aromatic rings. The van der Waals surface area contributed by atoms with E-state index in [1.54, 1.807) is 23.8 Å². The van der Waals surface area contributed by atoms with Crippen LogP contribution in [0.2, 0.25) is 0 Å². The molecule has 3 amide bonds. The number of hydrogen-bond acceptors (Lipinski definition) is 7. The number of nitrogens with zero attached hydrogens (tertiary/aromatic N) is 4. The molecule has 4 rings (SSSR count). The third-order valence-corrected chi connectivity index (χ3v) is 6.67. The second-order valence-electron chi connectivity index (χ2n) is 8.33. The molecule has 35 heavy (non-hydrogen) atoms. The van der Waals surface area contributed by atoms with Crippen molar-refractivity contribution in [3.8, 4) is 10.8 Å². The Morgan fingerprint density at radius 2 is 1.74 bits per heavy atom. The fourth-order valence-electron chi connectivity index (χ4n) is 4.01. The van der Waals surface area contributed by atoms with Crippen molar-refractivity contribution in [2.75, 3.05) is 26.2 Å². The lowest BCUT2D eigenvalue weighted by Gasteiger charge is -2.23. The SMILES string of the molecule is O=C1CCC(c2ccccc2)CCNC(=O)CN(C(=O)c2csc(-c3ncccn3)n2)CCCN1. The Labute approximate surface area is 208 Å². The van der Waals surface area contributed by atoms with E-state index in [-0.39, 0.29) is 35.9 Å². The molecule has 1 aliphatic rings. The molecule has 0 spiro atoms. The maximum atomic E-state index is 13.2. The average molecular weight is 493 g/mol. The Bertz CT molecular complexity index is 1140. The van der Waals surface area contributed by atoms with Gasteiger partial charge in [-0.25, -0.2) is 15.0 Å². The largest absolute Gasteiger partial charge is 0.356 e. The highest BCUT2D eigenvalue weighted by Crippen LogP contribution is 2.25. The van der Waals surface area contributed by atoms with Gasteiger partial charge < -0.3 is 15.5 Å². The van der Waals surface area contributed by atoms with Gasteiger partial charge in [-0.15, -0.1) is 11.3 Å². The summed E-state index contributed by atoms with van der Waals surface area (Å²) >= 11 is 1.28. The van der Waals surface area contributed by atoms with Crippen LogP contribution in [0.5, 0.6) is 0 Å². The highest BCUT2D eigenvalue weighted by Gasteiger charge is 2.23. The van der Waals surface area contributed by atoms with E-state index >= 15 is 0 Å². The van der Waals surface area contributed by atoms with Crippen molar-refractivity contribution in [2.45, 2.75) is 31.6 Å². The van der Waals surface area contributed by atoms with E-state index in [1.807, 2.05) is 18.2 Å². The van der Waals surface area contributed by atoms with E-state index in [0.717, 1.165) is 5.56 Å². The van der Waals surface area contributed by atoms with Gasteiger partial charge in [-0.3, -0.25) is 14.4 Å². The Balaban J connectivity index is 1.44. The van der Waals surface area contributed by atoms with E-state index in [2.05, 4.69) is 37.7 Å². The summed E-state index contributed by atoms with van der Waals surface area (Å²) in [4.78, 5) is 52.5. The number of carbonyl (C=O) groups is 3. The normalized spacial score (nSPS) is 18.3. The quantitative estimate of drug-likeness (QED) is 0.581. The van der Waals surface area contributed by atoms with Crippen molar-refractivity contribution in [1.29, 1.82) is 0 Å². The van der Waals surface area contributed by atoms with Gasteiger partial charge in [0, 0.05) is 43.8 Å². The van der Waals surface area contributed by atoms with Crippen molar-refractivity contribution in [1.82, 2.24) is 30.5 Å². The maximum Gasteiger partial charge on any atom is 0.273 e. The first-order valence-corrected chi connectivity index (χ1v) is 12.6. The molecule has 10 heteroatoms. The first kappa shape index (κ1) is 24.5. The molecule has 2 N–H and O–H groups in total. The number of aromatic nitrogens is 3. The highest BCUT2D eigenvalue weighted by molar-refractivity contribution is 7.13. The monoisotopic (exact) mass is 492 g/mol. The Morgan fingerprint density at radius 3 is 2.54 bits per heavy atom. The van der Waals surface area contributed by atoms with Crippen molar-refractivity contribution in [3.05, 3.63) is 65.4 Å². The number of rotatable bonds is 3. The van der Waals surface area contributed by atoms with Gasteiger partial charge in [0.15, 0.2) is 10.8 Å². The molecular weight excluding hydrogens is 464 g/mol. The van der Waals surface area contributed by atoms with Crippen LogP contribution >= 0.6 is 11.3 Å². The van der Waals surface area contributed by atoms with Crippen LogP contribution < -0.4 is 10.6 Å². The summed E-state index contributed by atoms with van der Waals surface area (Å²) in [6.45, 7) is 1.15. The van der Waals surface area contributed by atoms with Crippen molar-refractivity contribution in [2.24, 2.45) is 0 Å². The van der Waals surface area contributed by atoms with Crippen LogP contribution in [0.1, 0.15) is 47.7 Å². The van der Waals surface area contributed by atoms with Gasteiger partial charge >= 0.3 is 0 Å². The second kappa shape index (κ2) is 12.2.